The van der Waals surface area contributed by atoms with Crippen LogP contribution in [0.25, 0.3) is 0 Å². The molecule has 0 heterocycles. The van der Waals surface area contributed by atoms with Crippen molar-refractivity contribution in [3.05, 3.63) is 72.3 Å². The molecule has 0 atom stereocenters. The second-order valence-electron chi connectivity index (χ2n) is 10.0. The van der Waals surface area contributed by atoms with Crippen molar-refractivity contribution in [1.82, 2.24) is 0 Å². The molecule has 0 radical (unpaired) electrons. The number of hydrogen-bond donors (Lipinski definition) is 2. The average molecular weight is 532 g/mol. The van der Waals surface area contributed by atoms with Crippen molar-refractivity contribution in [2.45, 2.75) is 96.8 Å². The molecule has 0 bridgehead atoms. The van der Waals surface area contributed by atoms with Gasteiger partial charge in [-0.25, -0.2) is 4.99 Å². The van der Waals surface area contributed by atoms with E-state index < -0.39 is 5.91 Å². The minimum atomic E-state index is -0.414. The number of carbonyl (C=O) groups excluding carboxylic acids is 3. The number of amides is 3. The highest BCUT2D eigenvalue weighted by Gasteiger charge is 2.04. The SMILES string of the molecule is C=CC(=O)Nc1ccc(CCCC(=O)N=CC(=O)Nc2ccc(CCCCCCCCCCCC)cc2)cc1. The summed E-state index contributed by atoms with van der Waals surface area (Å²) in [7, 11) is 0. The van der Waals surface area contributed by atoms with Crippen LogP contribution in [0.2, 0.25) is 0 Å². The average Bonchev–Trinajstić information content (AvgIpc) is 2.94. The van der Waals surface area contributed by atoms with Crippen molar-refractivity contribution in [2.75, 3.05) is 10.6 Å². The van der Waals surface area contributed by atoms with E-state index in [-0.39, 0.29) is 18.2 Å². The molecule has 0 saturated carbocycles. The highest BCUT2D eigenvalue weighted by Crippen LogP contribution is 2.15. The van der Waals surface area contributed by atoms with E-state index >= 15 is 0 Å². The number of nitrogens with one attached hydrogen (secondary N) is 2. The first-order valence-corrected chi connectivity index (χ1v) is 14.5. The van der Waals surface area contributed by atoms with Crippen LogP contribution in [0.15, 0.2) is 66.2 Å². The third kappa shape index (κ3) is 14.8. The van der Waals surface area contributed by atoms with Crippen LogP contribution >= 0.6 is 0 Å². The topological polar surface area (TPSA) is 87.6 Å². The molecule has 2 aromatic carbocycles. The molecule has 0 aliphatic rings. The van der Waals surface area contributed by atoms with Crippen LogP contribution in [0.4, 0.5) is 11.4 Å². The smallest absolute Gasteiger partial charge is 0.266 e. The highest BCUT2D eigenvalue weighted by molar-refractivity contribution is 6.33. The van der Waals surface area contributed by atoms with Gasteiger partial charge in [-0.05, 0) is 67.2 Å². The Morgan fingerprint density at radius 2 is 1.13 bits per heavy atom. The lowest BCUT2D eigenvalue weighted by atomic mass is 10.0. The lowest BCUT2D eigenvalue weighted by Crippen LogP contribution is -2.13. The van der Waals surface area contributed by atoms with Gasteiger partial charge in [0, 0.05) is 17.8 Å². The Labute approximate surface area is 234 Å². The van der Waals surface area contributed by atoms with Crippen LogP contribution in [-0.2, 0) is 27.2 Å². The fourth-order valence-corrected chi connectivity index (χ4v) is 4.33. The number of rotatable bonds is 19. The van der Waals surface area contributed by atoms with E-state index in [1.807, 2.05) is 48.5 Å². The molecular weight excluding hydrogens is 486 g/mol. The molecule has 0 aliphatic carbocycles. The maximum atomic E-state index is 12.1. The van der Waals surface area contributed by atoms with Gasteiger partial charge in [0.15, 0.2) is 0 Å². The Kier molecular flexibility index (Phi) is 15.9. The summed E-state index contributed by atoms with van der Waals surface area (Å²) in [6.45, 7) is 5.68. The third-order valence-corrected chi connectivity index (χ3v) is 6.63. The summed E-state index contributed by atoms with van der Waals surface area (Å²) in [6, 6.07) is 15.3. The molecular formula is C33H45N3O3. The second-order valence-corrected chi connectivity index (χ2v) is 10.0. The van der Waals surface area contributed by atoms with Gasteiger partial charge in [-0.3, -0.25) is 14.4 Å². The van der Waals surface area contributed by atoms with Crippen molar-refractivity contribution >= 4 is 35.3 Å². The zero-order valence-corrected chi connectivity index (χ0v) is 23.6. The summed E-state index contributed by atoms with van der Waals surface area (Å²) in [6.07, 6.45) is 18.2. The zero-order chi connectivity index (χ0) is 28.1. The van der Waals surface area contributed by atoms with Gasteiger partial charge in [0.2, 0.25) is 11.8 Å². The van der Waals surface area contributed by atoms with Gasteiger partial charge in [-0.2, -0.15) is 0 Å². The Bertz CT molecular complexity index is 1040. The molecule has 0 unspecified atom stereocenters. The third-order valence-electron chi connectivity index (χ3n) is 6.63. The van der Waals surface area contributed by atoms with E-state index in [1.54, 1.807) is 0 Å². The van der Waals surface area contributed by atoms with E-state index in [0.29, 0.717) is 24.2 Å². The van der Waals surface area contributed by atoms with Gasteiger partial charge < -0.3 is 10.6 Å². The van der Waals surface area contributed by atoms with Crippen molar-refractivity contribution in [1.29, 1.82) is 0 Å². The molecule has 0 spiro atoms. The van der Waals surface area contributed by atoms with E-state index in [2.05, 4.69) is 29.1 Å². The number of unbranched alkanes of at least 4 members (excludes halogenated alkanes) is 9. The standard InChI is InChI=1S/C33H45N3O3/c1-3-5-6-7-8-9-10-11-12-13-15-27-18-24-30(25-19-27)36-33(39)26-34-32(38)17-14-16-28-20-22-29(23-21-28)35-31(37)4-2/h4,18-26H,2-3,5-17H2,1H3,(H,35,37)(H,36,39). The zero-order valence-electron chi connectivity index (χ0n) is 23.6. The van der Waals surface area contributed by atoms with Crippen LogP contribution in [0.1, 0.15) is 95.1 Å². The fraction of sp³-hybridized carbons (Fsp3) is 0.455. The Morgan fingerprint density at radius 1 is 0.667 bits per heavy atom. The van der Waals surface area contributed by atoms with Crippen molar-refractivity contribution in [3.8, 4) is 0 Å². The van der Waals surface area contributed by atoms with Crippen LogP contribution < -0.4 is 10.6 Å². The van der Waals surface area contributed by atoms with Crippen molar-refractivity contribution in [3.63, 3.8) is 0 Å². The molecule has 2 aromatic rings. The number of anilines is 2. The first kappa shape index (κ1) is 31.7. The van der Waals surface area contributed by atoms with E-state index in [1.165, 1.54) is 75.8 Å². The highest BCUT2D eigenvalue weighted by atomic mass is 16.2. The van der Waals surface area contributed by atoms with Gasteiger partial charge >= 0.3 is 0 Å². The largest absolute Gasteiger partial charge is 0.323 e. The van der Waals surface area contributed by atoms with E-state index in [4.69, 9.17) is 0 Å². The molecule has 0 aromatic heterocycles. The molecule has 210 valence electrons. The van der Waals surface area contributed by atoms with Gasteiger partial charge in [0.05, 0.1) is 6.21 Å². The lowest BCUT2D eigenvalue weighted by molar-refractivity contribution is -0.118. The predicted octanol–water partition coefficient (Wildman–Crippen LogP) is 7.83. The molecule has 2 rings (SSSR count). The van der Waals surface area contributed by atoms with Crippen LogP contribution in [0.5, 0.6) is 0 Å². The predicted molar refractivity (Wildman–Crippen MR) is 162 cm³/mol. The molecule has 0 saturated heterocycles. The van der Waals surface area contributed by atoms with Crippen LogP contribution in [-0.4, -0.2) is 23.9 Å². The quantitative estimate of drug-likeness (QED) is 0.110. The number of benzene rings is 2. The van der Waals surface area contributed by atoms with E-state index in [9.17, 15) is 14.4 Å². The monoisotopic (exact) mass is 531 g/mol. The molecule has 6 heteroatoms. The minimum Gasteiger partial charge on any atom is -0.323 e. The Morgan fingerprint density at radius 3 is 1.64 bits per heavy atom. The lowest BCUT2D eigenvalue weighted by Gasteiger charge is -2.05. The van der Waals surface area contributed by atoms with Crippen LogP contribution in [0.3, 0.4) is 0 Å². The molecule has 6 nitrogen and oxygen atoms in total. The number of aryl methyl sites for hydroxylation is 2. The summed E-state index contributed by atoms with van der Waals surface area (Å²) in [5.41, 5.74) is 3.71. The Balaban J connectivity index is 1.58. The fourth-order valence-electron chi connectivity index (χ4n) is 4.33. The van der Waals surface area contributed by atoms with Gasteiger partial charge in [-0.1, -0.05) is 95.6 Å². The number of aliphatic imine (C=N–C) groups is 1. The maximum Gasteiger partial charge on any atom is 0.266 e. The number of nitrogens with zero attached hydrogens (tertiary/aromatic N) is 1. The molecule has 0 fully saturated rings. The summed E-state index contributed by atoms with van der Waals surface area (Å²) in [4.78, 5) is 39.3. The van der Waals surface area contributed by atoms with Gasteiger partial charge in [-0.15, -0.1) is 0 Å². The summed E-state index contributed by atoms with van der Waals surface area (Å²) in [5, 5.41) is 5.45. The van der Waals surface area contributed by atoms with Crippen molar-refractivity contribution in [2.24, 2.45) is 4.99 Å². The van der Waals surface area contributed by atoms with Gasteiger partial charge in [0.1, 0.15) is 0 Å². The molecule has 2 N–H and O–H groups in total. The first-order chi connectivity index (χ1) is 19.0. The normalized spacial score (nSPS) is 10.9. The summed E-state index contributed by atoms with van der Waals surface area (Å²) < 4.78 is 0. The van der Waals surface area contributed by atoms with Gasteiger partial charge in [0.25, 0.3) is 5.91 Å². The number of hydrogen-bond acceptors (Lipinski definition) is 3. The minimum absolute atomic E-state index is 0.256. The summed E-state index contributed by atoms with van der Waals surface area (Å²) in [5.74, 6) is -0.998. The Hall–Kier alpha value is -3.54. The second kappa shape index (κ2) is 19.5. The first-order valence-electron chi connectivity index (χ1n) is 14.5. The van der Waals surface area contributed by atoms with Crippen LogP contribution in [0, 0.1) is 0 Å². The maximum absolute atomic E-state index is 12.1. The van der Waals surface area contributed by atoms with E-state index in [0.717, 1.165) is 18.2 Å². The summed E-state index contributed by atoms with van der Waals surface area (Å²) >= 11 is 0. The van der Waals surface area contributed by atoms with Crippen molar-refractivity contribution < 1.29 is 14.4 Å². The number of carbonyl (C=O) groups is 3. The molecule has 39 heavy (non-hydrogen) atoms. The molecule has 0 aliphatic heterocycles. The molecule has 3 amide bonds.